The summed E-state index contributed by atoms with van der Waals surface area (Å²) in [4.78, 5) is 17.1. The minimum absolute atomic E-state index is 0.0202. The third-order valence-corrected chi connectivity index (χ3v) is 5.09. The lowest BCUT2D eigenvalue weighted by molar-refractivity contribution is -0.139. The van der Waals surface area contributed by atoms with Crippen LogP contribution < -0.4 is 14.4 Å². The van der Waals surface area contributed by atoms with E-state index in [0.29, 0.717) is 30.3 Å². The molecule has 0 aromatic heterocycles. The van der Waals surface area contributed by atoms with Crippen molar-refractivity contribution in [1.82, 2.24) is 4.90 Å². The molecule has 1 unspecified atom stereocenters. The molecule has 1 saturated heterocycles. The van der Waals surface area contributed by atoms with Gasteiger partial charge in [-0.3, -0.25) is 4.79 Å². The van der Waals surface area contributed by atoms with E-state index in [1.807, 2.05) is 48.2 Å². The van der Waals surface area contributed by atoms with E-state index in [4.69, 9.17) is 21.1 Å². The van der Waals surface area contributed by atoms with E-state index >= 15 is 0 Å². The van der Waals surface area contributed by atoms with Crippen molar-refractivity contribution in [3.63, 3.8) is 0 Å². The van der Waals surface area contributed by atoms with Crippen LogP contribution in [0.1, 0.15) is 13.3 Å². The van der Waals surface area contributed by atoms with Gasteiger partial charge in [-0.1, -0.05) is 30.7 Å². The number of carbonyl (C=O) groups is 1. The lowest BCUT2D eigenvalue weighted by Crippen LogP contribution is -2.52. The molecule has 3 rings (SSSR count). The Morgan fingerprint density at radius 1 is 1.07 bits per heavy atom. The monoisotopic (exact) mass is 388 g/mol. The van der Waals surface area contributed by atoms with Gasteiger partial charge in [0, 0.05) is 31.9 Å². The number of hydrogen-bond donors (Lipinski definition) is 0. The maximum atomic E-state index is 12.9. The fraction of sp³-hybridized carbons (Fsp3) is 0.381. The first-order valence-electron chi connectivity index (χ1n) is 9.21. The molecule has 2 aromatic carbocycles. The van der Waals surface area contributed by atoms with Crippen LogP contribution in [0.4, 0.5) is 5.69 Å². The first kappa shape index (κ1) is 19.4. The highest BCUT2D eigenvalue weighted by Gasteiger charge is 2.28. The molecule has 1 fully saturated rings. The van der Waals surface area contributed by atoms with E-state index < -0.39 is 6.10 Å². The number of ether oxygens (including phenoxy) is 2. The summed E-state index contributed by atoms with van der Waals surface area (Å²) in [5.74, 6) is 1.41. The van der Waals surface area contributed by atoms with Crippen LogP contribution >= 0.6 is 11.6 Å². The Hall–Kier alpha value is -2.40. The number of amides is 1. The quantitative estimate of drug-likeness (QED) is 0.753. The molecular weight excluding hydrogens is 364 g/mol. The summed E-state index contributed by atoms with van der Waals surface area (Å²) in [7, 11) is 1.66. The Morgan fingerprint density at radius 3 is 2.33 bits per heavy atom. The molecule has 0 spiro atoms. The standard InChI is InChI=1S/C21H25ClN2O3/c1-3-19(27-20-7-5-4-6-18(20)22)21(25)24-14-12-23(13-15-24)16-8-10-17(26-2)11-9-16/h4-11,19H,3,12-15H2,1-2H3. The first-order valence-corrected chi connectivity index (χ1v) is 9.59. The predicted molar refractivity (Wildman–Crippen MR) is 108 cm³/mol. The number of rotatable bonds is 6. The van der Waals surface area contributed by atoms with E-state index in [2.05, 4.69) is 4.90 Å². The number of para-hydroxylation sites is 1. The van der Waals surface area contributed by atoms with Gasteiger partial charge in [0.25, 0.3) is 5.91 Å². The number of anilines is 1. The van der Waals surface area contributed by atoms with Crippen LogP contribution in [0, 0.1) is 0 Å². The molecule has 5 nitrogen and oxygen atoms in total. The fourth-order valence-corrected chi connectivity index (χ4v) is 3.36. The number of halogens is 1. The Balaban J connectivity index is 1.58. The van der Waals surface area contributed by atoms with Crippen LogP contribution in [0.25, 0.3) is 0 Å². The van der Waals surface area contributed by atoms with Gasteiger partial charge in [-0.05, 0) is 42.8 Å². The Labute approximate surface area is 165 Å². The molecule has 0 aliphatic carbocycles. The van der Waals surface area contributed by atoms with Gasteiger partial charge in [-0.25, -0.2) is 0 Å². The number of carbonyl (C=O) groups excluding carboxylic acids is 1. The number of methoxy groups -OCH3 is 1. The second-order valence-corrected chi connectivity index (χ2v) is 6.86. The van der Waals surface area contributed by atoms with Gasteiger partial charge in [-0.15, -0.1) is 0 Å². The number of benzene rings is 2. The van der Waals surface area contributed by atoms with Crippen molar-refractivity contribution in [3.05, 3.63) is 53.6 Å². The van der Waals surface area contributed by atoms with Crippen LogP contribution in [-0.4, -0.2) is 50.2 Å². The summed E-state index contributed by atoms with van der Waals surface area (Å²) in [5.41, 5.74) is 1.14. The maximum Gasteiger partial charge on any atom is 0.263 e. The van der Waals surface area contributed by atoms with Gasteiger partial charge in [-0.2, -0.15) is 0 Å². The summed E-state index contributed by atoms with van der Waals surface area (Å²) in [6, 6.07) is 15.3. The number of nitrogens with zero attached hydrogens (tertiary/aromatic N) is 2. The lowest BCUT2D eigenvalue weighted by atomic mass is 10.2. The molecule has 0 saturated carbocycles. The smallest absolute Gasteiger partial charge is 0.263 e. The zero-order valence-electron chi connectivity index (χ0n) is 15.7. The van der Waals surface area contributed by atoms with Crippen LogP contribution in [0.3, 0.4) is 0 Å². The van der Waals surface area contributed by atoms with Crippen molar-refractivity contribution in [3.8, 4) is 11.5 Å². The summed E-state index contributed by atoms with van der Waals surface area (Å²) < 4.78 is 11.1. The molecule has 1 aliphatic heterocycles. The lowest BCUT2D eigenvalue weighted by Gasteiger charge is -2.37. The predicted octanol–water partition coefficient (Wildman–Crippen LogP) is 3.85. The highest BCUT2D eigenvalue weighted by atomic mass is 35.5. The third kappa shape index (κ3) is 4.66. The highest BCUT2D eigenvalue weighted by Crippen LogP contribution is 2.26. The Bertz CT molecular complexity index is 758. The summed E-state index contributed by atoms with van der Waals surface area (Å²) >= 11 is 6.16. The van der Waals surface area contributed by atoms with Crippen molar-refractivity contribution >= 4 is 23.2 Å². The van der Waals surface area contributed by atoms with Crippen molar-refractivity contribution < 1.29 is 14.3 Å². The van der Waals surface area contributed by atoms with Crippen molar-refractivity contribution in [1.29, 1.82) is 0 Å². The van der Waals surface area contributed by atoms with Gasteiger partial charge in [0.1, 0.15) is 11.5 Å². The second kappa shape index (κ2) is 9.00. The molecule has 0 N–H and O–H groups in total. The minimum Gasteiger partial charge on any atom is -0.497 e. The zero-order chi connectivity index (χ0) is 19.2. The average molecular weight is 389 g/mol. The largest absolute Gasteiger partial charge is 0.497 e. The fourth-order valence-electron chi connectivity index (χ4n) is 3.18. The highest BCUT2D eigenvalue weighted by molar-refractivity contribution is 6.32. The molecule has 1 aliphatic rings. The molecule has 0 bridgehead atoms. The molecule has 1 amide bonds. The SMILES string of the molecule is CCC(Oc1ccccc1Cl)C(=O)N1CCN(c2ccc(OC)cc2)CC1. The number of hydrogen-bond acceptors (Lipinski definition) is 4. The van der Waals surface area contributed by atoms with Crippen molar-refractivity contribution in [2.24, 2.45) is 0 Å². The molecular formula is C21H25ClN2O3. The zero-order valence-corrected chi connectivity index (χ0v) is 16.5. The topological polar surface area (TPSA) is 42.0 Å². The average Bonchev–Trinajstić information content (AvgIpc) is 2.73. The molecule has 1 heterocycles. The summed E-state index contributed by atoms with van der Waals surface area (Å²) in [5, 5.41) is 0.521. The molecule has 0 radical (unpaired) electrons. The molecule has 27 heavy (non-hydrogen) atoms. The third-order valence-electron chi connectivity index (χ3n) is 4.78. The summed E-state index contributed by atoms with van der Waals surface area (Å²) in [6.07, 6.45) is 0.0837. The Kier molecular flexibility index (Phi) is 6.45. The molecule has 1 atom stereocenters. The van der Waals surface area contributed by atoms with E-state index in [-0.39, 0.29) is 5.91 Å². The minimum atomic E-state index is -0.516. The molecule has 144 valence electrons. The molecule has 2 aromatic rings. The normalized spacial score (nSPS) is 15.4. The van der Waals surface area contributed by atoms with E-state index in [1.165, 1.54) is 0 Å². The van der Waals surface area contributed by atoms with Gasteiger partial charge < -0.3 is 19.3 Å². The van der Waals surface area contributed by atoms with Gasteiger partial charge >= 0.3 is 0 Å². The van der Waals surface area contributed by atoms with Gasteiger partial charge in [0.15, 0.2) is 6.10 Å². The van der Waals surface area contributed by atoms with Crippen molar-refractivity contribution in [2.75, 3.05) is 38.2 Å². The summed E-state index contributed by atoms with van der Waals surface area (Å²) in [6.45, 7) is 4.88. The van der Waals surface area contributed by atoms with E-state index in [0.717, 1.165) is 24.5 Å². The van der Waals surface area contributed by atoms with Crippen LogP contribution in [0.15, 0.2) is 48.5 Å². The van der Waals surface area contributed by atoms with Gasteiger partial charge in [0.05, 0.1) is 12.1 Å². The maximum absolute atomic E-state index is 12.9. The second-order valence-electron chi connectivity index (χ2n) is 6.46. The van der Waals surface area contributed by atoms with Crippen LogP contribution in [0.5, 0.6) is 11.5 Å². The number of piperazine rings is 1. The van der Waals surface area contributed by atoms with Crippen LogP contribution in [0.2, 0.25) is 5.02 Å². The van der Waals surface area contributed by atoms with E-state index in [1.54, 1.807) is 19.2 Å². The first-order chi connectivity index (χ1) is 13.1. The van der Waals surface area contributed by atoms with Crippen LogP contribution in [-0.2, 0) is 4.79 Å². The Morgan fingerprint density at radius 2 is 1.74 bits per heavy atom. The van der Waals surface area contributed by atoms with Crippen molar-refractivity contribution in [2.45, 2.75) is 19.4 Å². The van der Waals surface area contributed by atoms with E-state index in [9.17, 15) is 4.79 Å². The molecule has 6 heteroatoms. The van der Waals surface area contributed by atoms with Gasteiger partial charge in [0.2, 0.25) is 0 Å².